The van der Waals surface area contributed by atoms with E-state index in [1.165, 1.54) is 11.3 Å². The number of ether oxygens (including phenoxy) is 3. The first-order valence-corrected chi connectivity index (χ1v) is 11.6. The molecule has 0 radical (unpaired) electrons. The maximum Gasteiger partial charge on any atom is 0.279 e. The molecule has 0 N–H and O–H groups in total. The van der Waals surface area contributed by atoms with Crippen LogP contribution in [0.4, 0.5) is 0 Å². The second kappa shape index (κ2) is 10.2. The van der Waals surface area contributed by atoms with Gasteiger partial charge >= 0.3 is 0 Å². The SMILES string of the molecule is CCOc1cc(C(=O)N=c2sc3cc(Cl)cc(C)c3n2CC)cc(OCC)c1OCC. The molecule has 0 aliphatic rings. The van der Waals surface area contributed by atoms with E-state index in [1.807, 2.05) is 51.3 Å². The number of benzene rings is 2. The zero-order chi connectivity index (χ0) is 22.5. The molecule has 6 nitrogen and oxygen atoms in total. The van der Waals surface area contributed by atoms with Crippen molar-refractivity contribution in [1.82, 2.24) is 4.57 Å². The Morgan fingerprint density at radius 1 is 1.00 bits per heavy atom. The zero-order valence-electron chi connectivity index (χ0n) is 18.5. The molecule has 1 aromatic heterocycles. The second-order valence-corrected chi connectivity index (χ2v) is 8.16. The van der Waals surface area contributed by atoms with E-state index < -0.39 is 0 Å². The highest BCUT2D eigenvalue weighted by Crippen LogP contribution is 2.39. The van der Waals surface area contributed by atoms with Gasteiger partial charge in [0.2, 0.25) is 5.75 Å². The summed E-state index contributed by atoms with van der Waals surface area (Å²) in [6, 6.07) is 7.15. The first-order chi connectivity index (χ1) is 14.9. The number of aromatic nitrogens is 1. The van der Waals surface area contributed by atoms with Gasteiger partial charge in [-0.1, -0.05) is 22.9 Å². The number of nitrogens with zero attached hydrogens (tertiary/aromatic N) is 2. The normalized spacial score (nSPS) is 11.7. The lowest BCUT2D eigenvalue weighted by atomic mass is 10.1. The molecule has 0 spiro atoms. The Kier molecular flexibility index (Phi) is 7.62. The van der Waals surface area contributed by atoms with Crippen LogP contribution < -0.4 is 19.0 Å². The third-order valence-corrected chi connectivity index (χ3v) is 5.85. The van der Waals surface area contributed by atoms with Crippen molar-refractivity contribution in [2.45, 2.75) is 41.2 Å². The van der Waals surface area contributed by atoms with Crippen molar-refractivity contribution in [1.29, 1.82) is 0 Å². The highest BCUT2D eigenvalue weighted by atomic mass is 35.5. The van der Waals surface area contributed by atoms with E-state index in [4.69, 9.17) is 25.8 Å². The van der Waals surface area contributed by atoms with Gasteiger partial charge in [-0.3, -0.25) is 4.79 Å². The number of hydrogen-bond acceptors (Lipinski definition) is 5. The molecule has 0 bridgehead atoms. The van der Waals surface area contributed by atoms with E-state index in [1.54, 1.807) is 12.1 Å². The Bertz CT molecular complexity index is 1140. The lowest BCUT2D eigenvalue weighted by Crippen LogP contribution is -2.16. The summed E-state index contributed by atoms with van der Waals surface area (Å²) < 4.78 is 20.2. The quantitative estimate of drug-likeness (QED) is 0.435. The molecule has 31 heavy (non-hydrogen) atoms. The maximum atomic E-state index is 13.1. The predicted octanol–water partition coefficient (Wildman–Crippen LogP) is 5.62. The summed E-state index contributed by atoms with van der Waals surface area (Å²) >= 11 is 7.67. The number of fused-ring (bicyclic) bond motifs is 1. The van der Waals surface area contributed by atoms with Gasteiger partial charge in [0, 0.05) is 17.1 Å². The van der Waals surface area contributed by atoms with Gasteiger partial charge in [0.15, 0.2) is 16.3 Å². The van der Waals surface area contributed by atoms with Crippen molar-refractivity contribution >= 4 is 39.1 Å². The van der Waals surface area contributed by atoms with Gasteiger partial charge < -0.3 is 18.8 Å². The first kappa shape index (κ1) is 23.2. The topological polar surface area (TPSA) is 62.0 Å². The molecule has 8 heteroatoms. The summed E-state index contributed by atoms with van der Waals surface area (Å²) in [7, 11) is 0. The van der Waals surface area contributed by atoms with Crippen LogP contribution in [0.1, 0.15) is 43.6 Å². The Morgan fingerprint density at radius 2 is 1.61 bits per heavy atom. The molecule has 3 aromatic rings. The van der Waals surface area contributed by atoms with E-state index in [0.29, 0.717) is 59.0 Å². The summed E-state index contributed by atoms with van der Waals surface area (Å²) in [5.41, 5.74) is 2.47. The molecular weight excluding hydrogens is 436 g/mol. The highest BCUT2D eigenvalue weighted by molar-refractivity contribution is 7.16. The van der Waals surface area contributed by atoms with Crippen LogP contribution in [0.2, 0.25) is 5.02 Å². The molecule has 2 aromatic carbocycles. The van der Waals surface area contributed by atoms with Crippen molar-refractivity contribution < 1.29 is 19.0 Å². The third kappa shape index (κ3) is 4.88. The van der Waals surface area contributed by atoms with Gasteiger partial charge in [0.25, 0.3) is 5.91 Å². The lowest BCUT2D eigenvalue weighted by molar-refractivity contribution is 0.0996. The number of carbonyl (C=O) groups is 1. The van der Waals surface area contributed by atoms with Gasteiger partial charge in [-0.15, -0.1) is 0 Å². The van der Waals surface area contributed by atoms with Gasteiger partial charge in [-0.2, -0.15) is 4.99 Å². The maximum absolute atomic E-state index is 13.1. The van der Waals surface area contributed by atoms with Crippen LogP contribution in [-0.2, 0) is 6.54 Å². The number of rotatable bonds is 8. The van der Waals surface area contributed by atoms with Crippen LogP contribution in [0.15, 0.2) is 29.3 Å². The Hall–Kier alpha value is -2.51. The first-order valence-electron chi connectivity index (χ1n) is 10.4. The van der Waals surface area contributed by atoms with Crippen molar-refractivity contribution in [2.75, 3.05) is 19.8 Å². The van der Waals surface area contributed by atoms with Crippen molar-refractivity contribution in [3.63, 3.8) is 0 Å². The van der Waals surface area contributed by atoms with Gasteiger partial charge in [-0.25, -0.2) is 0 Å². The molecule has 0 atom stereocenters. The van der Waals surface area contributed by atoms with Crippen LogP contribution in [-0.4, -0.2) is 30.3 Å². The minimum absolute atomic E-state index is 0.373. The van der Waals surface area contributed by atoms with Gasteiger partial charge in [-0.05, 0) is 64.4 Å². The summed E-state index contributed by atoms with van der Waals surface area (Å²) in [4.78, 5) is 18.2. The fourth-order valence-electron chi connectivity index (χ4n) is 3.42. The summed E-state index contributed by atoms with van der Waals surface area (Å²) in [5.74, 6) is 1.06. The Morgan fingerprint density at radius 3 is 2.16 bits per heavy atom. The third-order valence-electron chi connectivity index (χ3n) is 4.60. The fraction of sp³-hybridized carbons (Fsp3) is 0.391. The smallest absolute Gasteiger partial charge is 0.279 e. The monoisotopic (exact) mass is 462 g/mol. The molecule has 1 amide bonds. The van der Waals surface area contributed by atoms with Crippen LogP contribution in [0.3, 0.4) is 0 Å². The van der Waals surface area contributed by atoms with Crippen molar-refractivity contribution in [2.24, 2.45) is 4.99 Å². The molecule has 3 rings (SSSR count). The molecule has 0 aliphatic carbocycles. The van der Waals surface area contributed by atoms with Crippen LogP contribution in [0.25, 0.3) is 10.2 Å². The second-order valence-electron chi connectivity index (χ2n) is 6.72. The molecule has 0 saturated carbocycles. The molecule has 0 aliphatic heterocycles. The predicted molar refractivity (Wildman–Crippen MR) is 125 cm³/mol. The van der Waals surface area contributed by atoms with Crippen LogP contribution in [0.5, 0.6) is 17.2 Å². The number of halogens is 1. The Labute approximate surface area is 191 Å². The number of amides is 1. The van der Waals surface area contributed by atoms with E-state index in [0.717, 1.165) is 15.8 Å². The Balaban J connectivity index is 2.15. The molecule has 0 fully saturated rings. The van der Waals surface area contributed by atoms with E-state index in [9.17, 15) is 4.79 Å². The average molecular weight is 463 g/mol. The fourth-order valence-corrected chi connectivity index (χ4v) is 4.96. The zero-order valence-corrected chi connectivity index (χ0v) is 20.0. The molecular formula is C23H27ClN2O4S. The standard InChI is InChI=1S/C23H27ClN2O4S/c1-6-26-20-14(5)10-16(24)13-19(20)31-23(26)25-22(27)15-11-17(28-7-2)21(30-9-4)18(12-15)29-8-3/h10-13H,6-9H2,1-5H3. The number of carbonyl (C=O) groups excluding carboxylic acids is 1. The van der Waals surface area contributed by atoms with Crippen LogP contribution in [0, 0.1) is 6.92 Å². The average Bonchev–Trinajstić information content (AvgIpc) is 3.07. The summed E-state index contributed by atoms with van der Waals surface area (Å²) in [6.45, 7) is 11.7. The van der Waals surface area contributed by atoms with E-state index >= 15 is 0 Å². The van der Waals surface area contributed by atoms with E-state index in [2.05, 4.69) is 4.99 Å². The number of thiazole rings is 1. The summed E-state index contributed by atoms with van der Waals surface area (Å²) in [5, 5.41) is 0.668. The highest BCUT2D eigenvalue weighted by Gasteiger charge is 2.19. The van der Waals surface area contributed by atoms with E-state index in [-0.39, 0.29) is 5.91 Å². The minimum Gasteiger partial charge on any atom is -0.490 e. The lowest BCUT2D eigenvalue weighted by Gasteiger charge is -2.16. The number of hydrogen-bond donors (Lipinski definition) is 0. The van der Waals surface area contributed by atoms with Gasteiger partial charge in [0.1, 0.15) is 0 Å². The van der Waals surface area contributed by atoms with Crippen molar-refractivity contribution in [3.8, 4) is 17.2 Å². The molecule has 0 saturated heterocycles. The largest absolute Gasteiger partial charge is 0.490 e. The molecule has 0 unspecified atom stereocenters. The van der Waals surface area contributed by atoms with Crippen LogP contribution >= 0.6 is 22.9 Å². The van der Waals surface area contributed by atoms with Crippen molar-refractivity contribution in [3.05, 3.63) is 45.2 Å². The summed E-state index contributed by atoms with van der Waals surface area (Å²) in [6.07, 6.45) is 0. The number of aryl methyl sites for hydroxylation is 2. The van der Waals surface area contributed by atoms with Gasteiger partial charge in [0.05, 0.1) is 30.0 Å². The molecule has 1 heterocycles. The minimum atomic E-state index is -0.373. The molecule has 166 valence electrons.